The van der Waals surface area contributed by atoms with Crippen LogP contribution in [-0.4, -0.2) is 52.5 Å². The molecule has 0 amide bonds. The summed E-state index contributed by atoms with van der Waals surface area (Å²) in [6, 6.07) is 9.06. The minimum Gasteiger partial charge on any atom is -0.473 e. The molecule has 0 radical (unpaired) electrons. The number of aliphatic hydroxyl groups excluding tert-OH is 1. The van der Waals surface area contributed by atoms with Crippen LogP contribution in [0.1, 0.15) is 30.9 Å². The van der Waals surface area contributed by atoms with E-state index < -0.39 is 11.2 Å². The molecule has 1 saturated heterocycles. The van der Waals surface area contributed by atoms with Crippen molar-refractivity contribution in [2.24, 2.45) is 0 Å². The fraction of sp³-hybridized carbons (Fsp3) is 0.360. The second-order valence-corrected chi connectivity index (χ2v) is 8.93. The lowest BCUT2D eigenvalue weighted by atomic mass is 9.83. The lowest BCUT2D eigenvalue weighted by molar-refractivity contribution is 0.0240. The molecule has 1 atom stereocenters. The summed E-state index contributed by atoms with van der Waals surface area (Å²) in [5.41, 5.74) is 2.21. The van der Waals surface area contributed by atoms with E-state index in [4.69, 9.17) is 9.47 Å². The Bertz CT molecular complexity index is 1290. The smallest absolute Gasteiger partial charge is 0.238 e. The monoisotopic (exact) mass is 476 g/mol. The van der Waals surface area contributed by atoms with Crippen LogP contribution < -0.4 is 15.4 Å². The van der Waals surface area contributed by atoms with Gasteiger partial charge in [0.05, 0.1) is 37.3 Å². The average molecular weight is 477 g/mol. The molecule has 3 N–H and O–H groups in total. The van der Waals surface area contributed by atoms with Gasteiger partial charge in [-0.15, -0.1) is 0 Å². The minimum atomic E-state index is -0.624. The maximum atomic E-state index is 14.9. The molecule has 10 heteroatoms. The van der Waals surface area contributed by atoms with Gasteiger partial charge in [0, 0.05) is 36.6 Å². The Morgan fingerprint density at radius 1 is 1.34 bits per heavy atom. The number of aromatic nitrogens is 3. The predicted octanol–water partition coefficient (Wildman–Crippen LogP) is 3.53. The Hall–Kier alpha value is -3.81. The maximum Gasteiger partial charge on any atom is 0.238 e. The van der Waals surface area contributed by atoms with E-state index in [1.165, 1.54) is 0 Å². The zero-order valence-electron chi connectivity index (χ0n) is 19.2. The Labute approximate surface area is 202 Å². The highest BCUT2D eigenvalue weighted by Gasteiger charge is 2.36. The minimum absolute atomic E-state index is 0.00541. The summed E-state index contributed by atoms with van der Waals surface area (Å²) in [7, 11) is 0. The first-order valence-electron chi connectivity index (χ1n) is 11.4. The number of pyridine rings is 1. The van der Waals surface area contributed by atoms with E-state index in [1.54, 1.807) is 30.5 Å². The van der Waals surface area contributed by atoms with E-state index in [0.717, 1.165) is 24.6 Å². The molecule has 9 nitrogen and oxygen atoms in total. The summed E-state index contributed by atoms with van der Waals surface area (Å²) in [6.07, 6.45) is 4.26. The topological polar surface area (TPSA) is 125 Å². The summed E-state index contributed by atoms with van der Waals surface area (Å²) in [5.74, 6) is -0.0582. The number of anilines is 3. The Kier molecular flexibility index (Phi) is 6.19. The number of halogens is 1. The van der Waals surface area contributed by atoms with Crippen molar-refractivity contribution in [1.82, 2.24) is 15.0 Å². The molecule has 2 aromatic heterocycles. The Morgan fingerprint density at radius 2 is 2.17 bits per heavy atom. The van der Waals surface area contributed by atoms with Crippen molar-refractivity contribution >= 4 is 17.3 Å². The maximum absolute atomic E-state index is 14.9. The van der Waals surface area contributed by atoms with Gasteiger partial charge in [0.1, 0.15) is 23.6 Å². The van der Waals surface area contributed by atoms with Gasteiger partial charge < -0.3 is 25.2 Å². The average Bonchev–Trinajstić information content (AvgIpc) is 3.23. The first-order valence-corrected chi connectivity index (χ1v) is 11.4. The number of nitrogens with zero attached hydrogens (tertiary/aromatic N) is 4. The molecule has 35 heavy (non-hydrogen) atoms. The molecule has 0 spiro atoms. The number of nitriles is 1. The van der Waals surface area contributed by atoms with Gasteiger partial charge in [0.2, 0.25) is 11.8 Å². The number of ether oxygens (including phenoxy) is 2. The van der Waals surface area contributed by atoms with Gasteiger partial charge >= 0.3 is 0 Å². The molecule has 0 saturated carbocycles. The third kappa shape index (κ3) is 4.48. The molecule has 180 valence electrons. The molecule has 5 rings (SSSR count). The largest absolute Gasteiger partial charge is 0.473 e. The standard InChI is InChI=1S/C25H25FN6O3/c1-25(14-33)13-30-21-16(11-27)9-15(10-18(21)25)22-19(26)12-29-24(32-22)31-20-3-2-6-28-23(20)35-17-4-7-34-8-5-17/h2-3,6,9-10,12,17,30,33H,4-5,7-8,13-14H2,1H3,(H,29,31,32). The molecule has 4 heterocycles. The van der Waals surface area contributed by atoms with Gasteiger partial charge in [0.25, 0.3) is 0 Å². The second kappa shape index (κ2) is 9.44. The highest BCUT2D eigenvalue weighted by atomic mass is 19.1. The summed E-state index contributed by atoms with van der Waals surface area (Å²) >= 11 is 0. The van der Waals surface area contributed by atoms with Crippen molar-refractivity contribution in [2.45, 2.75) is 31.3 Å². The fourth-order valence-electron chi connectivity index (χ4n) is 4.34. The van der Waals surface area contributed by atoms with E-state index in [1.807, 2.05) is 6.92 Å². The van der Waals surface area contributed by atoms with E-state index >= 15 is 0 Å². The van der Waals surface area contributed by atoms with Crippen molar-refractivity contribution in [3.63, 3.8) is 0 Å². The van der Waals surface area contributed by atoms with Crippen LogP contribution in [0.4, 0.5) is 21.7 Å². The summed E-state index contributed by atoms with van der Waals surface area (Å²) in [4.78, 5) is 12.8. The molecule has 2 aliphatic heterocycles. The van der Waals surface area contributed by atoms with E-state index in [9.17, 15) is 14.8 Å². The number of hydrogen-bond donors (Lipinski definition) is 3. The number of aliphatic hydroxyl groups is 1. The molecule has 1 unspecified atom stereocenters. The van der Waals surface area contributed by atoms with Gasteiger partial charge in [-0.2, -0.15) is 5.26 Å². The normalized spacial score (nSPS) is 19.5. The first kappa shape index (κ1) is 23.0. The zero-order valence-corrected chi connectivity index (χ0v) is 19.2. The second-order valence-electron chi connectivity index (χ2n) is 8.93. The highest BCUT2D eigenvalue weighted by molar-refractivity contribution is 5.76. The molecule has 1 aromatic carbocycles. The van der Waals surface area contributed by atoms with Crippen LogP contribution >= 0.6 is 0 Å². The summed E-state index contributed by atoms with van der Waals surface area (Å²) < 4.78 is 26.3. The van der Waals surface area contributed by atoms with Crippen LogP contribution in [0.25, 0.3) is 11.3 Å². The number of rotatable bonds is 6. The number of fused-ring (bicyclic) bond motifs is 1. The zero-order chi connectivity index (χ0) is 24.4. The van der Waals surface area contributed by atoms with Crippen LogP contribution in [0.5, 0.6) is 5.88 Å². The van der Waals surface area contributed by atoms with Crippen molar-refractivity contribution < 1.29 is 19.0 Å². The van der Waals surface area contributed by atoms with E-state index in [2.05, 4.69) is 31.7 Å². The molecule has 3 aromatic rings. The third-order valence-electron chi connectivity index (χ3n) is 6.40. The van der Waals surface area contributed by atoms with Crippen molar-refractivity contribution in [3.05, 3.63) is 53.6 Å². The lowest BCUT2D eigenvalue weighted by Gasteiger charge is -2.23. The lowest BCUT2D eigenvalue weighted by Crippen LogP contribution is -2.28. The van der Waals surface area contributed by atoms with Gasteiger partial charge in [-0.1, -0.05) is 6.92 Å². The molecule has 0 bridgehead atoms. The van der Waals surface area contributed by atoms with E-state index in [-0.39, 0.29) is 24.4 Å². The molecule has 0 aliphatic carbocycles. The molecule has 2 aliphatic rings. The van der Waals surface area contributed by atoms with Gasteiger partial charge in [-0.25, -0.2) is 19.3 Å². The Morgan fingerprint density at radius 3 is 2.94 bits per heavy atom. The molecular weight excluding hydrogens is 451 g/mol. The fourth-order valence-corrected chi connectivity index (χ4v) is 4.34. The van der Waals surface area contributed by atoms with Gasteiger partial charge in [0.15, 0.2) is 5.82 Å². The van der Waals surface area contributed by atoms with Crippen molar-refractivity contribution in [2.75, 3.05) is 37.0 Å². The first-order chi connectivity index (χ1) is 17.0. The van der Waals surface area contributed by atoms with Crippen LogP contribution in [0, 0.1) is 17.1 Å². The highest BCUT2D eigenvalue weighted by Crippen LogP contribution is 2.41. The van der Waals surface area contributed by atoms with Crippen LogP contribution in [0.2, 0.25) is 0 Å². The Balaban J connectivity index is 1.48. The van der Waals surface area contributed by atoms with Crippen LogP contribution in [-0.2, 0) is 10.2 Å². The predicted molar refractivity (Wildman–Crippen MR) is 127 cm³/mol. The van der Waals surface area contributed by atoms with E-state index in [0.29, 0.717) is 48.1 Å². The van der Waals surface area contributed by atoms with Gasteiger partial charge in [-0.3, -0.25) is 0 Å². The molecular formula is C25H25FN6O3. The SMILES string of the molecule is CC1(CO)CNc2c(C#N)cc(-c3nc(Nc4cccnc4OC4CCOCC4)ncc3F)cc21. The quantitative estimate of drug-likeness (QED) is 0.490. The van der Waals surface area contributed by atoms with Crippen LogP contribution in [0.3, 0.4) is 0 Å². The number of nitrogens with one attached hydrogen (secondary N) is 2. The van der Waals surface area contributed by atoms with Crippen molar-refractivity contribution in [1.29, 1.82) is 5.26 Å². The van der Waals surface area contributed by atoms with Gasteiger partial charge in [-0.05, 0) is 29.8 Å². The number of hydrogen-bond acceptors (Lipinski definition) is 9. The summed E-state index contributed by atoms with van der Waals surface area (Å²) in [6.45, 7) is 3.54. The van der Waals surface area contributed by atoms with Crippen LogP contribution in [0.15, 0.2) is 36.7 Å². The number of benzene rings is 1. The summed E-state index contributed by atoms with van der Waals surface area (Å²) in [5, 5.41) is 25.9. The third-order valence-corrected chi connectivity index (χ3v) is 6.40. The molecule has 1 fully saturated rings. The van der Waals surface area contributed by atoms with Crippen molar-refractivity contribution in [3.8, 4) is 23.2 Å².